The van der Waals surface area contributed by atoms with Crippen molar-refractivity contribution in [2.75, 3.05) is 16.8 Å². The molecular weight excluding hydrogens is 322 g/mol. The molecule has 4 rings (SSSR count). The van der Waals surface area contributed by atoms with Crippen LogP contribution in [-0.2, 0) is 19.4 Å². The van der Waals surface area contributed by atoms with Gasteiger partial charge in [-0.1, -0.05) is 49.4 Å². The molecule has 0 saturated carbocycles. The highest BCUT2D eigenvalue weighted by molar-refractivity contribution is 5.64. The number of nitrogens with one attached hydrogen (secondary N) is 1. The Morgan fingerprint density at radius 1 is 1.08 bits per heavy atom. The van der Waals surface area contributed by atoms with Gasteiger partial charge in [0.25, 0.3) is 0 Å². The Labute approximate surface area is 154 Å². The molecule has 1 aromatic heterocycles. The van der Waals surface area contributed by atoms with Crippen LogP contribution in [0.2, 0.25) is 0 Å². The van der Waals surface area contributed by atoms with Gasteiger partial charge in [-0.3, -0.25) is 0 Å². The molecule has 0 unspecified atom stereocenters. The Morgan fingerprint density at radius 3 is 2.77 bits per heavy atom. The zero-order valence-corrected chi connectivity index (χ0v) is 15.2. The predicted molar refractivity (Wildman–Crippen MR) is 105 cm³/mol. The summed E-state index contributed by atoms with van der Waals surface area (Å²) in [5, 5.41) is 11.9. The van der Waals surface area contributed by atoms with Crippen LogP contribution in [0.25, 0.3) is 0 Å². The fraction of sp³-hybridized carbons (Fsp3) is 0.286. The van der Waals surface area contributed by atoms with Gasteiger partial charge in [0.2, 0.25) is 5.95 Å². The lowest BCUT2D eigenvalue weighted by Crippen LogP contribution is -2.32. The lowest BCUT2D eigenvalue weighted by Gasteiger charge is -2.28. The van der Waals surface area contributed by atoms with Crippen molar-refractivity contribution in [3.8, 4) is 0 Å². The van der Waals surface area contributed by atoms with E-state index in [2.05, 4.69) is 76.7 Å². The summed E-state index contributed by atoms with van der Waals surface area (Å²) in [5.41, 5.74) is 6.35. The molecule has 26 heavy (non-hydrogen) atoms. The Balaban J connectivity index is 1.59. The molecule has 5 nitrogen and oxygen atoms in total. The molecule has 0 atom stereocenters. The first-order chi connectivity index (χ1) is 12.7. The molecule has 0 fully saturated rings. The molecule has 1 aliphatic heterocycles. The number of benzene rings is 2. The molecule has 0 aliphatic carbocycles. The first-order valence-corrected chi connectivity index (χ1v) is 9.11. The van der Waals surface area contributed by atoms with Gasteiger partial charge in [0, 0.05) is 18.8 Å². The maximum atomic E-state index is 4.72. The molecule has 1 aliphatic rings. The topological polar surface area (TPSA) is 53.9 Å². The molecule has 5 heteroatoms. The summed E-state index contributed by atoms with van der Waals surface area (Å²) < 4.78 is 0. The predicted octanol–water partition coefficient (Wildman–Crippen LogP) is 4.05. The fourth-order valence-electron chi connectivity index (χ4n) is 3.48. The maximum Gasteiger partial charge on any atom is 0.247 e. The van der Waals surface area contributed by atoms with E-state index in [1.165, 1.54) is 22.3 Å². The standard InChI is InChI=1S/C21H23N5/c1-3-16-10-6-7-15(2)20(16)23-19-13-22-25-21(24-19)26-12-11-17-8-4-5-9-18(17)14-26/h4-10,13H,3,11-12,14H2,1-2H3,(H,23,24,25). The van der Waals surface area contributed by atoms with E-state index >= 15 is 0 Å². The molecular formula is C21H23N5. The van der Waals surface area contributed by atoms with E-state index in [1.54, 1.807) is 6.20 Å². The lowest BCUT2D eigenvalue weighted by molar-refractivity contribution is 0.698. The van der Waals surface area contributed by atoms with Gasteiger partial charge in [-0.05, 0) is 42.0 Å². The molecule has 1 N–H and O–H groups in total. The second-order valence-electron chi connectivity index (χ2n) is 6.67. The SMILES string of the molecule is CCc1cccc(C)c1Nc1cnnc(N2CCc3ccccc3C2)n1. The van der Waals surface area contributed by atoms with Gasteiger partial charge < -0.3 is 10.2 Å². The average Bonchev–Trinajstić information content (AvgIpc) is 2.69. The Hall–Kier alpha value is -2.95. The van der Waals surface area contributed by atoms with Gasteiger partial charge in [0.1, 0.15) is 0 Å². The van der Waals surface area contributed by atoms with Gasteiger partial charge in [-0.15, -0.1) is 5.10 Å². The zero-order valence-electron chi connectivity index (χ0n) is 15.2. The van der Waals surface area contributed by atoms with Crippen molar-refractivity contribution in [3.63, 3.8) is 0 Å². The fourth-order valence-corrected chi connectivity index (χ4v) is 3.48. The van der Waals surface area contributed by atoms with Crippen molar-refractivity contribution in [3.05, 3.63) is 70.9 Å². The number of rotatable bonds is 4. The Morgan fingerprint density at radius 2 is 1.92 bits per heavy atom. The maximum absolute atomic E-state index is 4.72. The van der Waals surface area contributed by atoms with Gasteiger partial charge in [-0.2, -0.15) is 10.1 Å². The van der Waals surface area contributed by atoms with E-state index < -0.39 is 0 Å². The van der Waals surface area contributed by atoms with Crippen molar-refractivity contribution in [2.45, 2.75) is 33.2 Å². The molecule has 3 aromatic rings. The minimum atomic E-state index is 0.677. The normalized spacial score (nSPS) is 13.4. The number of anilines is 3. The number of fused-ring (bicyclic) bond motifs is 1. The van der Waals surface area contributed by atoms with Crippen molar-refractivity contribution in [1.82, 2.24) is 15.2 Å². The molecule has 0 bridgehead atoms. The first-order valence-electron chi connectivity index (χ1n) is 9.11. The summed E-state index contributed by atoms with van der Waals surface area (Å²) in [6, 6.07) is 14.9. The number of hydrogen-bond acceptors (Lipinski definition) is 5. The summed E-state index contributed by atoms with van der Waals surface area (Å²) in [6.45, 7) is 6.01. The van der Waals surface area contributed by atoms with Gasteiger partial charge in [-0.25, -0.2) is 0 Å². The van der Waals surface area contributed by atoms with Crippen LogP contribution in [-0.4, -0.2) is 21.7 Å². The second kappa shape index (κ2) is 7.12. The van der Waals surface area contributed by atoms with Crippen molar-refractivity contribution in [1.29, 1.82) is 0 Å². The molecule has 0 spiro atoms. The third-order valence-electron chi connectivity index (χ3n) is 4.95. The summed E-state index contributed by atoms with van der Waals surface area (Å²) in [6.07, 6.45) is 3.67. The van der Waals surface area contributed by atoms with E-state index in [0.717, 1.165) is 37.4 Å². The Bertz CT molecular complexity index is 922. The molecule has 2 aromatic carbocycles. The summed E-state index contributed by atoms with van der Waals surface area (Å²) >= 11 is 0. The van der Waals surface area contributed by atoms with Gasteiger partial charge in [0.05, 0.1) is 6.20 Å². The van der Waals surface area contributed by atoms with Crippen LogP contribution in [0.3, 0.4) is 0 Å². The Kier molecular flexibility index (Phi) is 4.52. The van der Waals surface area contributed by atoms with Crippen LogP contribution in [0, 0.1) is 6.92 Å². The molecule has 0 amide bonds. The van der Waals surface area contributed by atoms with E-state index in [4.69, 9.17) is 4.98 Å². The largest absolute Gasteiger partial charge is 0.338 e. The van der Waals surface area contributed by atoms with E-state index in [1.807, 2.05) is 0 Å². The number of hydrogen-bond donors (Lipinski definition) is 1. The van der Waals surface area contributed by atoms with E-state index in [0.29, 0.717) is 5.95 Å². The lowest BCUT2D eigenvalue weighted by atomic mass is 10.0. The monoisotopic (exact) mass is 345 g/mol. The summed E-state index contributed by atoms with van der Waals surface area (Å²) in [4.78, 5) is 6.92. The van der Waals surface area contributed by atoms with Crippen LogP contribution < -0.4 is 10.2 Å². The van der Waals surface area contributed by atoms with E-state index in [-0.39, 0.29) is 0 Å². The number of para-hydroxylation sites is 1. The van der Waals surface area contributed by atoms with Gasteiger partial charge in [0.15, 0.2) is 5.82 Å². The van der Waals surface area contributed by atoms with Crippen molar-refractivity contribution >= 4 is 17.5 Å². The van der Waals surface area contributed by atoms with Crippen LogP contribution in [0.1, 0.15) is 29.2 Å². The van der Waals surface area contributed by atoms with Crippen molar-refractivity contribution in [2.24, 2.45) is 0 Å². The third-order valence-corrected chi connectivity index (χ3v) is 4.95. The molecule has 0 saturated heterocycles. The van der Waals surface area contributed by atoms with Crippen LogP contribution in [0.15, 0.2) is 48.7 Å². The third kappa shape index (κ3) is 3.25. The molecule has 0 radical (unpaired) electrons. The number of aromatic nitrogens is 3. The first kappa shape index (κ1) is 16.5. The minimum Gasteiger partial charge on any atom is -0.338 e. The average molecular weight is 345 g/mol. The highest BCUT2D eigenvalue weighted by Crippen LogP contribution is 2.26. The van der Waals surface area contributed by atoms with Crippen LogP contribution in [0.5, 0.6) is 0 Å². The summed E-state index contributed by atoms with van der Waals surface area (Å²) in [7, 11) is 0. The van der Waals surface area contributed by atoms with E-state index in [9.17, 15) is 0 Å². The number of aryl methyl sites for hydroxylation is 2. The van der Waals surface area contributed by atoms with Crippen LogP contribution in [0.4, 0.5) is 17.5 Å². The quantitative estimate of drug-likeness (QED) is 0.773. The van der Waals surface area contributed by atoms with Crippen molar-refractivity contribution < 1.29 is 0 Å². The summed E-state index contributed by atoms with van der Waals surface area (Å²) in [5.74, 6) is 1.41. The molecule has 2 heterocycles. The highest BCUT2D eigenvalue weighted by Gasteiger charge is 2.19. The zero-order chi connectivity index (χ0) is 17.9. The number of nitrogens with zero attached hydrogens (tertiary/aromatic N) is 4. The second-order valence-corrected chi connectivity index (χ2v) is 6.67. The highest BCUT2D eigenvalue weighted by atomic mass is 15.3. The minimum absolute atomic E-state index is 0.677. The molecule has 132 valence electrons. The van der Waals surface area contributed by atoms with Crippen LogP contribution >= 0.6 is 0 Å². The van der Waals surface area contributed by atoms with Gasteiger partial charge >= 0.3 is 0 Å². The smallest absolute Gasteiger partial charge is 0.247 e.